The molecule has 0 aromatic carbocycles. The first kappa shape index (κ1) is 13.5. The summed E-state index contributed by atoms with van der Waals surface area (Å²) in [5, 5.41) is 11.4. The fourth-order valence-corrected chi connectivity index (χ4v) is 1.53. The molecular weight excluding hydrogens is 240 g/mol. The van der Waals surface area contributed by atoms with Gasteiger partial charge in [0, 0.05) is 24.9 Å². The molecule has 1 aromatic heterocycles. The second-order valence-electron chi connectivity index (χ2n) is 3.38. The first-order valence-electron chi connectivity index (χ1n) is 5.07. The number of carbonyl (C=O) groups excluding carboxylic acids is 1. The van der Waals surface area contributed by atoms with Crippen molar-refractivity contribution in [3.8, 4) is 0 Å². The molecule has 92 valence electrons. The van der Waals surface area contributed by atoms with Gasteiger partial charge < -0.3 is 10.4 Å². The highest BCUT2D eigenvalue weighted by atomic mass is 32.2. The van der Waals surface area contributed by atoms with Crippen molar-refractivity contribution in [3.05, 3.63) is 29.6 Å². The van der Waals surface area contributed by atoms with E-state index < -0.39 is 5.97 Å². The summed E-state index contributed by atoms with van der Waals surface area (Å²) >= 11 is 1.62. The Kier molecular flexibility index (Phi) is 5.48. The third-order valence-electron chi connectivity index (χ3n) is 2.07. The van der Waals surface area contributed by atoms with Gasteiger partial charge >= 0.3 is 5.97 Å². The highest BCUT2D eigenvalue weighted by molar-refractivity contribution is 7.98. The topological polar surface area (TPSA) is 79.3 Å². The maximum atomic E-state index is 11.3. The summed E-state index contributed by atoms with van der Waals surface area (Å²) in [6.45, 7) is 0.375. The monoisotopic (exact) mass is 254 g/mol. The number of hydrogen-bond acceptors (Lipinski definition) is 4. The predicted octanol–water partition coefficient (Wildman–Crippen LogP) is 1.15. The van der Waals surface area contributed by atoms with Crippen molar-refractivity contribution in [2.45, 2.75) is 13.0 Å². The standard InChI is InChI=1S/C11H14N2O3S/c1-17-5-4-10(14)13-7-8-2-3-9(11(15)16)12-6-8/h2-3,6H,4-5,7H2,1H3,(H,13,14)(H,15,16). The number of hydrogen-bond donors (Lipinski definition) is 2. The molecule has 0 unspecified atom stereocenters. The first-order valence-corrected chi connectivity index (χ1v) is 6.46. The third-order valence-corrected chi connectivity index (χ3v) is 2.68. The van der Waals surface area contributed by atoms with Crippen molar-refractivity contribution in [1.29, 1.82) is 0 Å². The summed E-state index contributed by atoms with van der Waals surface area (Å²) in [6, 6.07) is 3.07. The minimum atomic E-state index is -1.06. The fraction of sp³-hybridized carbons (Fsp3) is 0.364. The van der Waals surface area contributed by atoms with Crippen LogP contribution in [0.2, 0.25) is 0 Å². The molecule has 0 atom stereocenters. The van der Waals surface area contributed by atoms with Gasteiger partial charge in [0.25, 0.3) is 0 Å². The summed E-state index contributed by atoms with van der Waals surface area (Å²) in [5.74, 6) is -0.274. The van der Waals surface area contributed by atoms with E-state index in [1.807, 2.05) is 6.26 Å². The SMILES string of the molecule is CSCCC(=O)NCc1ccc(C(=O)O)nc1. The normalized spacial score (nSPS) is 9.94. The van der Waals surface area contributed by atoms with Gasteiger partial charge in [0.2, 0.25) is 5.91 Å². The number of rotatable bonds is 6. The number of nitrogens with one attached hydrogen (secondary N) is 1. The number of carbonyl (C=O) groups is 2. The molecule has 0 aliphatic carbocycles. The highest BCUT2D eigenvalue weighted by Crippen LogP contribution is 2.01. The maximum Gasteiger partial charge on any atom is 0.354 e. The Morgan fingerprint density at radius 3 is 2.76 bits per heavy atom. The summed E-state index contributed by atoms with van der Waals surface area (Å²) in [6.07, 6.45) is 3.89. The zero-order chi connectivity index (χ0) is 12.7. The number of aromatic carboxylic acids is 1. The molecule has 0 saturated carbocycles. The van der Waals surface area contributed by atoms with Crippen molar-refractivity contribution in [2.24, 2.45) is 0 Å². The van der Waals surface area contributed by atoms with Crippen LogP contribution in [0, 0.1) is 0 Å². The van der Waals surface area contributed by atoms with Gasteiger partial charge in [0.1, 0.15) is 5.69 Å². The Morgan fingerprint density at radius 2 is 2.24 bits per heavy atom. The van der Waals surface area contributed by atoms with E-state index in [0.29, 0.717) is 13.0 Å². The van der Waals surface area contributed by atoms with Crippen LogP contribution in [0.1, 0.15) is 22.5 Å². The fourth-order valence-electron chi connectivity index (χ4n) is 1.14. The van der Waals surface area contributed by atoms with Crippen LogP contribution >= 0.6 is 11.8 Å². The Hall–Kier alpha value is -1.56. The molecule has 0 fully saturated rings. The molecule has 2 N–H and O–H groups in total. The van der Waals surface area contributed by atoms with E-state index in [2.05, 4.69) is 10.3 Å². The van der Waals surface area contributed by atoms with Crippen LogP contribution < -0.4 is 5.32 Å². The number of thioether (sulfide) groups is 1. The van der Waals surface area contributed by atoms with Gasteiger partial charge in [-0.15, -0.1) is 0 Å². The van der Waals surface area contributed by atoms with Crippen LogP contribution in [0.25, 0.3) is 0 Å². The van der Waals surface area contributed by atoms with Gasteiger partial charge in [-0.2, -0.15) is 11.8 Å². The number of carboxylic acid groups (broad SMARTS) is 1. The Balaban J connectivity index is 2.42. The van der Waals surface area contributed by atoms with E-state index in [1.54, 1.807) is 17.8 Å². The van der Waals surface area contributed by atoms with Gasteiger partial charge in [-0.1, -0.05) is 6.07 Å². The Bertz CT molecular complexity index is 392. The van der Waals surface area contributed by atoms with Crippen LogP contribution in [-0.2, 0) is 11.3 Å². The molecule has 17 heavy (non-hydrogen) atoms. The molecule has 5 nitrogen and oxygen atoms in total. The molecule has 6 heteroatoms. The lowest BCUT2D eigenvalue weighted by Crippen LogP contribution is -2.23. The number of aromatic nitrogens is 1. The van der Waals surface area contributed by atoms with E-state index in [4.69, 9.17) is 5.11 Å². The van der Waals surface area contributed by atoms with E-state index >= 15 is 0 Å². The van der Waals surface area contributed by atoms with Gasteiger partial charge in [-0.05, 0) is 17.9 Å². The summed E-state index contributed by atoms with van der Waals surface area (Å²) in [5.41, 5.74) is 0.787. The second-order valence-corrected chi connectivity index (χ2v) is 4.36. The van der Waals surface area contributed by atoms with Gasteiger partial charge in [0.05, 0.1) is 0 Å². The van der Waals surface area contributed by atoms with Crippen LogP contribution in [0.5, 0.6) is 0 Å². The van der Waals surface area contributed by atoms with Crippen molar-refractivity contribution in [1.82, 2.24) is 10.3 Å². The van der Waals surface area contributed by atoms with E-state index in [9.17, 15) is 9.59 Å². The molecule has 0 radical (unpaired) electrons. The van der Waals surface area contributed by atoms with Gasteiger partial charge in [-0.25, -0.2) is 9.78 Å². The molecule has 1 rings (SSSR count). The van der Waals surface area contributed by atoms with Crippen LogP contribution in [0.15, 0.2) is 18.3 Å². The predicted molar refractivity (Wildman–Crippen MR) is 66.0 cm³/mol. The smallest absolute Gasteiger partial charge is 0.354 e. The molecule has 0 spiro atoms. The van der Waals surface area contributed by atoms with Crippen molar-refractivity contribution >= 4 is 23.6 Å². The van der Waals surface area contributed by atoms with Crippen LogP contribution in [0.3, 0.4) is 0 Å². The minimum absolute atomic E-state index is 0.00228. The first-order chi connectivity index (χ1) is 8.13. The Labute approximate surface area is 104 Å². The molecular formula is C11H14N2O3S. The highest BCUT2D eigenvalue weighted by Gasteiger charge is 2.04. The lowest BCUT2D eigenvalue weighted by atomic mass is 10.2. The minimum Gasteiger partial charge on any atom is -0.477 e. The molecule has 1 aromatic rings. The van der Waals surface area contributed by atoms with Gasteiger partial charge in [0.15, 0.2) is 0 Å². The lowest BCUT2D eigenvalue weighted by molar-refractivity contribution is -0.120. The molecule has 0 saturated heterocycles. The third kappa shape index (κ3) is 4.86. The molecule has 1 heterocycles. The molecule has 0 aliphatic rings. The van der Waals surface area contributed by atoms with Crippen molar-refractivity contribution in [2.75, 3.05) is 12.0 Å². The summed E-state index contributed by atoms with van der Waals surface area (Å²) in [7, 11) is 0. The van der Waals surface area contributed by atoms with E-state index in [0.717, 1.165) is 11.3 Å². The zero-order valence-electron chi connectivity index (χ0n) is 9.47. The zero-order valence-corrected chi connectivity index (χ0v) is 10.3. The average Bonchev–Trinajstić information content (AvgIpc) is 2.34. The van der Waals surface area contributed by atoms with Gasteiger partial charge in [-0.3, -0.25) is 4.79 Å². The van der Waals surface area contributed by atoms with E-state index in [1.165, 1.54) is 12.3 Å². The molecule has 0 aliphatic heterocycles. The van der Waals surface area contributed by atoms with Crippen LogP contribution in [0.4, 0.5) is 0 Å². The summed E-state index contributed by atoms with van der Waals surface area (Å²) < 4.78 is 0. The van der Waals surface area contributed by atoms with E-state index in [-0.39, 0.29) is 11.6 Å². The quantitative estimate of drug-likeness (QED) is 0.796. The summed E-state index contributed by atoms with van der Waals surface area (Å²) in [4.78, 5) is 25.6. The maximum absolute atomic E-state index is 11.3. The number of amides is 1. The number of carboxylic acids is 1. The number of nitrogens with zero attached hydrogens (tertiary/aromatic N) is 1. The average molecular weight is 254 g/mol. The Morgan fingerprint density at radius 1 is 1.47 bits per heavy atom. The molecule has 1 amide bonds. The lowest BCUT2D eigenvalue weighted by Gasteiger charge is -2.04. The number of pyridine rings is 1. The van der Waals surface area contributed by atoms with Crippen LogP contribution in [-0.4, -0.2) is 34.0 Å². The largest absolute Gasteiger partial charge is 0.477 e. The second kappa shape index (κ2) is 6.90. The molecule has 0 bridgehead atoms. The van der Waals surface area contributed by atoms with Crippen molar-refractivity contribution in [3.63, 3.8) is 0 Å². The van der Waals surface area contributed by atoms with Crippen molar-refractivity contribution < 1.29 is 14.7 Å².